The van der Waals surface area contributed by atoms with Crippen molar-refractivity contribution in [3.63, 3.8) is 0 Å². The predicted molar refractivity (Wildman–Crippen MR) is 111 cm³/mol. The number of rotatable bonds is 10. The maximum atomic E-state index is 10.9. The minimum absolute atomic E-state index is 0.243. The molecule has 2 aromatic carbocycles. The summed E-state index contributed by atoms with van der Waals surface area (Å²) in [5.41, 5.74) is 1.39. The number of carbonyl (C=O) groups is 1. The number of hydrogen-bond acceptors (Lipinski definition) is 6. The smallest absolute Gasteiger partial charge is 0.335 e. The summed E-state index contributed by atoms with van der Waals surface area (Å²) in [7, 11) is 1.65. The van der Waals surface area contributed by atoms with E-state index in [1.54, 1.807) is 31.0 Å². The first kappa shape index (κ1) is 20.7. The molecule has 0 saturated heterocycles. The Bertz CT molecular complexity index is 940. The maximum absolute atomic E-state index is 10.9. The van der Waals surface area contributed by atoms with E-state index in [1.807, 2.05) is 24.3 Å². The van der Waals surface area contributed by atoms with Crippen molar-refractivity contribution in [2.75, 3.05) is 19.5 Å². The molecule has 0 aliphatic heterocycles. The molecule has 0 aliphatic rings. The monoisotopic (exact) mass is 413 g/mol. The number of aromatic carboxylic acids is 1. The Labute approximate surface area is 173 Å². The summed E-state index contributed by atoms with van der Waals surface area (Å²) in [6, 6.07) is 14.3. The van der Waals surface area contributed by atoms with E-state index >= 15 is 0 Å². The number of carboxylic acids is 1. The van der Waals surface area contributed by atoms with Crippen LogP contribution < -0.4 is 9.47 Å². The lowest BCUT2D eigenvalue weighted by atomic mass is 10.1. The van der Waals surface area contributed by atoms with Crippen molar-refractivity contribution in [2.45, 2.75) is 25.0 Å². The fourth-order valence-corrected chi connectivity index (χ4v) is 3.62. The van der Waals surface area contributed by atoms with E-state index in [-0.39, 0.29) is 5.56 Å². The minimum atomic E-state index is -0.948. The first-order valence-corrected chi connectivity index (χ1v) is 10.2. The Morgan fingerprint density at radius 1 is 1.07 bits per heavy atom. The Balaban J connectivity index is 1.53. The standard InChI is InChI=1S/C21H23N3O4S/c1-3-24-19(14-15-4-8-17(27-2)9-5-15)22-23-21(24)29-13-12-28-18-10-6-16(7-11-18)20(25)26/h4-11H,3,12-14H2,1-2H3,(H,25,26). The highest BCUT2D eigenvalue weighted by Crippen LogP contribution is 2.20. The van der Waals surface area contributed by atoms with Crippen molar-refractivity contribution in [3.05, 3.63) is 65.5 Å². The lowest BCUT2D eigenvalue weighted by Gasteiger charge is -2.09. The first-order chi connectivity index (χ1) is 14.1. The molecule has 0 aliphatic carbocycles. The number of ether oxygens (including phenoxy) is 2. The summed E-state index contributed by atoms with van der Waals surface area (Å²) < 4.78 is 13.0. The van der Waals surface area contributed by atoms with Gasteiger partial charge in [-0.15, -0.1) is 10.2 Å². The van der Waals surface area contributed by atoms with Crippen molar-refractivity contribution in [2.24, 2.45) is 0 Å². The van der Waals surface area contributed by atoms with E-state index in [9.17, 15) is 4.79 Å². The Kier molecular flexibility index (Phi) is 7.13. The SMILES string of the molecule is CCn1c(Cc2ccc(OC)cc2)nnc1SCCOc1ccc(C(=O)O)cc1. The molecule has 3 aromatic rings. The van der Waals surface area contributed by atoms with Crippen LogP contribution in [0.25, 0.3) is 0 Å². The molecule has 0 saturated carbocycles. The summed E-state index contributed by atoms with van der Waals surface area (Å²) in [6.07, 6.45) is 0.706. The van der Waals surface area contributed by atoms with Crippen molar-refractivity contribution in [1.29, 1.82) is 0 Å². The van der Waals surface area contributed by atoms with Gasteiger partial charge in [0.25, 0.3) is 0 Å². The highest BCUT2D eigenvalue weighted by molar-refractivity contribution is 7.99. The van der Waals surface area contributed by atoms with Crippen LogP contribution in [0.1, 0.15) is 28.7 Å². The molecule has 0 spiro atoms. The second-order valence-corrected chi connectivity index (χ2v) is 7.26. The van der Waals surface area contributed by atoms with Gasteiger partial charge >= 0.3 is 5.97 Å². The average Bonchev–Trinajstić information content (AvgIpc) is 3.13. The van der Waals surface area contributed by atoms with Gasteiger partial charge in [0.15, 0.2) is 5.16 Å². The van der Waals surface area contributed by atoms with Crippen molar-refractivity contribution < 1.29 is 19.4 Å². The molecule has 1 heterocycles. The summed E-state index contributed by atoms with van der Waals surface area (Å²) in [5.74, 6) is 2.16. The third kappa shape index (κ3) is 5.51. The van der Waals surface area contributed by atoms with Crippen LogP contribution in [0.3, 0.4) is 0 Å². The van der Waals surface area contributed by atoms with Crippen molar-refractivity contribution in [3.8, 4) is 11.5 Å². The van der Waals surface area contributed by atoms with Gasteiger partial charge in [0, 0.05) is 18.7 Å². The van der Waals surface area contributed by atoms with Crippen LogP contribution in [0.15, 0.2) is 53.7 Å². The Hall–Kier alpha value is -3.00. The van der Waals surface area contributed by atoms with Gasteiger partial charge in [0.05, 0.1) is 19.3 Å². The zero-order chi connectivity index (χ0) is 20.6. The fraction of sp³-hybridized carbons (Fsp3) is 0.286. The number of thioether (sulfide) groups is 1. The quantitative estimate of drug-likeness (QED) is 0.400. The van der Waals surface area contributed by atoms with E-state index in [0.717, 1.165) is 28.8 Å². The van der Waals surface area contributed by atoms with Crippen LogP contribution in [0.2, 0.25) is 0 Å². The number of nitrogens with zero attached hydrogens (tertiary/aromatic N) is 3. The maximum Gasteiger partial charge on any atom is 0.335 e. The number of hydrogen-bond donors (Lipinski definition) is 1. The number of benzene rings is 2. The molecule has 0 bridgehead atoms. The molecule has 1 N–H and O–H groups in total. The van der Waals surface area contributed by atoms with Gasteiger partial charge in [-0.3, -0.25) is 0 Å². The number of methoxy groups -OCH3 is 1. The first-order valence-electron chi connectivity index (χ1n) is 9.24. The van der Waals surface area contributed by atoms with E-state index in [0.29, 0.717) is 24.5 Å². The highest BCUT2D eigenvalue weighted by Gasteiger charge is 2.12. The number of aromatic nitrogens is 3. The topological polar surface area (TPSA) is 86.5 Å². The lowest BCUT2D eigenvalue weighted by molar-refractivity contribution is 0.0697. The second kappa shape index (κ2) is 9.97. The molecule has 0 unspecified atom stereocenters. The Morgan fingerprint density at radius 3 is 2.38 bits per heavy atom. The molecule has 0 fully saturated rings. The van der Waals surface area contributed by atoms with E-state index in [2.05, 4.69) is 21.7 Å². The van der Waals surface area contributed by atoms with Crippen molar-refractivity contribution >= 4 is 17.7 Å². The van der Waals surface area contributed by atoms with Crippen molar-refractivity contribution in [1.82, 2.24) is 14.8 Å². The highest BCUT2D eigenvalue weighted by atomic mass is 32.2. The minimum Gasteiger partial charge on any atom is -0.497 e. The molecule has 0 amide bonds. The molecule has 1 aromatic heterocycles. The zero-order valence-electron chi connectivity index (χ0n) is 16.4. The van der Waals surface area contributed by atoms with Gasteiger partial charge in [0.1, 0.15) is 17.3 Å². The van der Waals surface area contributed by atoms with Crippen LogP contribution in [0, 0.1) is 0 Å². The average molecular weight is 413 g/mol. The van der Waals surface area contributed by atoms with Gasteiger partial charge in [-0.05, 0) is 48.9 Å². The normalized spacial score (nSPS) is 10.7. The zero-order valence-corrected chi connectivity index (χ0v) is 17.2. The Morgan fingerprint density at radius 2 is 1.76 bits per heavy atom. The molecule has 0 radical (unpaired) electrons. The summed E-state index contributed by atoms with van der Waals surface area (Å²) >= 11 is 1.59. The molecular formula is C21H23N3O4S. The molecule has 8 heteroatoms. The summed E-state index contributed by atoms with van der Waals surface area (Å²) in [5, 5.41) is 18.5. The van der Waals surface area contributed by atoms with Gasteiger partial charge in [-0.2, -0.15) is 0 Å². The van der Waals surface area contributed by atoms with Gasteiger partial charge in [-0.1, -0.05) is 23.9 Å². The molecule has 3 rings (SSSR count). The van der Waals surface area contributed by atoms with Gasteiger partial charge in [0.2, 0.25) is 0 Å². The van der Waals surface area contributed by atoms with Gasteiger partial charge < -0.3 is 19.1 Å². The fourth-order valence-electron chi connectivity index (χ4n) is 2.79. The van der Waals surface area contributed by atoms with E-state index in [4.69, 9.17) is 14.6 Å². The number of carboxylic acid groups (broad SMARTS) is 1. The largest absolute Gasteiger partial charge is 0.497 e. The third-order valence-electron chi connectivity index (χ3n) is 4.32. The predicted octanol–water partition coefficient (Wildman–Crippen LogP) is 3.77. The second-order valence-electron chi connectivity index (χ2n) is 6.19. The molecule has 0 atom stereocenters. The van der Waals surface area contributed by atoms with Crippen LogP contribution >= 0.6 is 11.8 Å². The van der Waals surface area contributed by atoms with Crippen LogP contribution in [-0.4, -0.2) is 45.3 Å². The molecular weight excluding hydrogens is 390 g/mol. The van der Waals surface area contributed by atoms with Crippen LogP contribution in [0.5, 0.6) is 11.5 Å². The van der Waals surface area contributed by atoms with Gasteiger partial charge in [-0.25, -0.2) is 4.79 Å². The molecule has 152 valence electrons. The summed E-state index contributed by atoms with van der Waals surface area (Å²) in [6.45, 7) is 3.35. The van der Waals surface area contributed by atoms with Crippen LogP contribution in [0.4, 0.5) is 0 Å². The van der Waals surface area contributed by atoms with Crippen LogP contribution in [-0.2, 0) is 13.0 Å². The molecule has 7 nitrogen and oxygen atoms in total. The lowest BCUT2D eigenvalue weighted by Crippen LogP contribution is -2.06. The van der Waals surface area contributed by atoms with E-state index < -0.39 is 5.97 Å². The summed E-state index contributed by atoms with van der Waals surface area (Å²) in [4.78, 5) is 10.9. The van der Waals surface area contributed by atoms with E-state index in [1.165, 1.54) is 12.1 Å². The molecule has 29 heavy (non-hydrogen) atoms. The third-order valence-corrected chi connectivity index (χ3v) is 5.25.